The van der Waals surface area contributed by atoms with E-state index in [0.29, 0.717) is 70.7 Å². The van der Waals surface area contributed by atoms with E-state index in [1.54, 1.807) is 36.5 Å². The Balaban J connectivity index is 1.43. The van der Waals surface area contributed by atoms with Gasteiger partial charge < -0.3 is 32.9 Å². The van der Waals surface area contributed by atoms with E-state index >= 15 is 0 Å². The number of fused-ring (bicyclic) bond motifs is 1. The standard InChI is InChI=1S/C43H55N4O6/c1-6-45(33-23-32(30-44)24-36(25-33)50-5)43(49)40-31-46(34-26-37(51-7-2)28-38(27-34)52-8-3)41-29-35(17-18-39(41)42(40)48)53-22-16-11-9-10-13-19-47(4)20-14-12-15-21-47/h17-18,23-29,31H,6-16,19-22H2,1-5H3/q+1. The average Bonchev–Trinajstić information content (AvgIpc) is 3.16. The topological polar surface area (TPSA) is 103 Å². The molecule has 1 aliphatic heterocycles. The molecule has 2 heterocycles. The number of ether oxygens (including phenoxy) is 4. The van der Waals surface area contributed by atoms with Crippen LogP contribution in [-0.2, 0) is 0 Å². The second-order valence-corrected chi connectivity index (χ2v) is 14.0. The number of benzene rings is 3. The normalized spacial score (nSPS) is 13.7. The molecule has 0 radical (unpaired) electrons. The van der Waals surface area contributed by atoms with Crippen LogP contribution in [0.15, 0.2) is 65.6 Å². The van der Waals surface area contributed by atoms with Crippen molar-refractivity contribution in [2.45, 2.75) is 72.1 Å². The number of amides is 1. The Labute approximate surface area is 314 Å². The number of hydrogen-bond donors (Lipinski definition) is 0. The largest absolute Gasteiger partial charge is 0.497 e. The van der Waals surface area contributed by atoms with Crippen LogP contribution in [0, 0.1) is 11.3 Å². The number of carbonyl (C=O) groups excluding carboxylic acids is 1. The number of anilines is 1. The number of quaternary nitrogens is 1. The van der Waals surface area contributed by atoms with Crippen molar-refractivity contribution in [3.63, 3.8) is 0 Å². The van der Waals surface area contributed by atoms with E-state index in [1.807, 2.05) is 49.6 Å². The number of methoxy groups -OCH3 is 1. The number of nitrogens with zero attached hydrogens (tertiary/aromatic N) is 4. The summed E-state index contributed by atoms with van der Waals surface area (Å²) in [5.74, 6) is 1.79. The zero-order valence-electron chi connectivity index (χ0n) is 32.1. The number of rotatable bonds is 18. The van der Waals surface area contributed by atoms with Crippen molar-refractivity contribution < 1.29 is 28.2 Å². The van der Waals surface area contributed by atoms with Crippen LogP contribution in [0.5, 0.6) is 23.0 Å². The number of likely N-dealkylation sites (tertiary alicyclic amines) is 1. The van der Waals surface area contributed by atoms with Crippen LogP contribution in [-0.4, -0.2) is 75.1 Å². The number of aromatic nitrogens is 1. The summed E-state index contributed by atoms with van der Waals surface area (Å²) in [6.45, 7) is 11.3. The molecule has 282 valence electrons. The second kappa shape index (κ2) is 18.7. The van der Waals surface area contributed by atoms with Crippen LogP contribution < -0.4 is 29.3 Å². The minimum absolute atomic E-state index is 0.0228. The molecule has 0 bridgehead atoms. The Kier molecular flexibility index (Phi) is 13.8. The maximum Gasteiger partial charge on any atom is 0.263 e. The Morgan fingerprint density at radius 1 is 0.830 bits per heavy atom. The van der Waals surface area contributed by atoms with Gasteiger partial charge in [-0.05, 0) is 83.6 Å². The van der Waals surface area contributed by atoms with E-state index in [9.17, 15) is 14.9 Å². The zero-order chi connectivity index (χ0) is 37.8. The maximum absolute atomic E-state index is 14.3. The molecule has 0 N–H and O–H groups in total. The molecule has 5 rings (SSSR count). The van der Waals surface area contributed by atoms with Gasteiger partial charge in [0.1, 0.15) is 28.6 Å². The number of pyridine rings is 1. The molecule has 3 aromatic carbocycles. The van der Waals surface area contributed by atoms with Crippen LogP contribution in [0.25, 0.3) is 16.6 Å². The molecule has 1 aliphatic rings. The summed E-state index contributed by atoms with van der Waals surface area (Å²) in [6.07, 6.45) is 11.4. The Bertz CT molecular complexity index is 1930. The van der Waals surface area contributed by atoms with Gasteiger partial charge in [0.15, 0.2) is 0 Å². The van der Waals surface area contributed by atoms with Crippen molar-refractivity contribution in [2.24, 2.45) is 0 Å². The van der Waals surface area contributed by atoms with Gasteiger partial charge in [-0.15, -0.1) is 0 Å². The first-order valence-electron chi connectivity index (χ1n) is 19.2. The summed E-state index contributed by atoms with van der Waals surface area (Å²) in [7, 11) is 3.92. The molecule has 1 saturated heterocycles. The lowest BCUT2D eigenvalue weighted by atomic mass is 10.1. The minimum Gasteiger partial charge on any atom is -0.497 e. The molecule has 0 aliphatic carbocycles. The number of carbonyl (C=O) groups is 1. The van der Waals surface area contributed by atoms with Crippen molar-refractivity contribution in [1.82, 2.24) is 4.57 Å². The molecule has 10 heteroatoms. The van der Waals surface area contributed by atoms with E-state index in [1.165, 1.54) is 74.7 Å². The lowest BCUT2D eigenvalue weighted by Crippen LogP contribution is -2.48. The first kappa shape index (κ1) is 39.2. The minimum atomic E-state index is -0.497. The highest BCUT2D eigenvalue weighted by molar-refractivity contribution is 6.07. The smallest absolute Gasteiger partial charge is 0.263 e. The SMILES string of the molecule is CCOc1cc(OCC)cc(-n2cc(C(=O)N(CC)c3cc(C#N)cc(OC)c3)c(=O)c3ccc(OCCCCCCC[N+]4(C)CCCCC4)cc32)c1. The molecule has 0 saturated carbocycles. The van der Waals surface area contributed by atoms with E-state index in [2.05, 4.69) is 13.1 Å². The molecule has 1 fully saturated rings. The van der Waals surface area contributed by atoms with Gasteiger partial charge in [0.05, 0.1) is 76.4 Å². The lowest BCUT2D eigenvalue weighted by Gasteiger charge is -2.37. The van der Waals surface area contributed by atoms with Gasteiger partial charge in [0.2, 0.25) is 5.43 Å². The highest BCUT2D eigenvalue weighted by Crippen LogP contribution is 2.31. The van der Waals surface area contributed by atoms with E-state index < -0.39 is 11.3 Å². The maximum atomic E-state index is 14.3. The predicted octanol–water partition coefficient (Wildman–Crippen LogP) is 8.29. The van der Waals surface area contributed by atoms with Gasteiger partial charge >= 0.3 is 0 Å². The van der Waals surface area contributed by atoms with Gasteiger partial charge in [0, 0.05) is 54.1 Å². The van der Waals surface area contributed by atoms with Crippen molar-refractivity contribution >= 4 is 22.5 Å². The third-order valence-electron chi connectivity index (χ3n) is 10.1. The van der Waals surface area contributed by atoms with Crippen LogP contribution in [0.4, 0.5) is 5.69 Å². The molecule has 0 unspecified atom stereocenters. The fourth-order valence-electron chi connectivity index (χ4n) is 7.28. The zero-order valence-corrected chi connectivity index (χ0v) is 32.1. The van der Waals surface area contributed by atoms with Crippen LogP contribution in [0.2, 0.25) is 0 Å². The quantitative estimate of drug-likeness (QED) is 0.0752. The summed E-state index contributed by atoms with van der Waals surface area (Å²) in [6, 6.07) is 18.0. The Hall–Kier alpha value is -5.01. The molecule has 1 amide bonds. The predicted molar refractivity (Wildman–Crippen MR) is 210 cm³/mol. The van der Waals surface area contributed by atoms with Crippen LogP contribution in [0.1, 0.15) is 88.1 Å². The van der Waals surface area contributed by atoms with Crippen molar-refractivity contribution in [2.75, 3.05) is 65.1 Å². The molecule has 0 atom stereocenters. The van der Waals surface area contributed by atoms with Crippen molar-refractivity contribution in [3.8, 4) is 34.8 Å². The van der Waals surface area contributed by atoms with Crippen LogP contribution in [0.3, 0.4) is 0 Å². The number of unbranched alkanes of at least 4 members (excludes halogenated alkanes) is 4. The molecule has 53 heavy (non-hydrogen) atoms. The van der Waals surface area contributed by atoms with E-state index in [0.717, 1.165) is 12.8 Å². The lowest BCUT2D eigenvalue weighted by molar-refractivity contribution is -0.914. The van der Waals surface area contributed by atoms with Crippen molar-refractivity contribution in [1.29, 1.82) is 5.26 Å². The van der Waals surface area contributed by atoms with Gasteiger partial charge in [-0.25, -0.2) is 0 Å². The van der Waals surface area contributed by atoms with Gasteiger partial charge in [-0.2, -0.15) is 5.26 Å². The fourth-order valence-corrected chi connectivity index (χ4v) is 7.28. The molecular weight excluding hydrogens is 668 g/mol. The summed E-state index contributed by atoms with van der Waals surface area (Å²) in [4.78, 5) is 30.0. The number of hydrogen-bond acceptors (Lipinski definition) is 7. The molecular formula is C43H55N4O6+. The third-order valence-corrected chi connectivity index (χ3v) is 10.1. The van der Waals surface area contributed by atoms with Gasteiger partial charge in [-0.3, -0.25) is 9.59 Å². The highest BCUT2D eigenvalue weighted by atomic mass is 16.5. The second-order valence-electron chi connectivity index (χ2n) is 14.0. The van der Waals surface area contributed by atoms with Gasteiger partial charge in [0.25, 0.3) is 5.91 Å². The van der Waals surface area contributed by atoms with Gasteiger partial charge in [-0.1, -0.05) is 12.8 Å². The van der Waals surface area contributed by atoms with Crippen LogP contribution >= 0.6 is 0 Å². The monoisotopic (exact) mass is 723 g/mol. The molecule has 4 aromatic rings. The average molecular weight is 724 g/mol. The fraction of sp³-hybridized carbons (Fsp3) is 0.465. The summed E-state index contributed by atoms with van der Waals surface area (Å²) in [5.41, 5.74) is 1.62. The Morgan fingerprint density at radius 3 is 2.19 bits per heavy atom. The highest BCUT2D eigenvalue weighted by Gasteiger charge is 2.25. The van der Waals surface area contributed by atoms with E-state index in [4.69, 9.17) is 18.9 Å². The van der Waals surface area contributed by atoms with E-state index in [-0.39, 0.29) is 12.1 Å². The number of nitriles is 1. The molecule has 0 spiro atoms. The summed E-state index contributed by atoms with van der Waals surface area (Å²) in [5, 5.41) is 10.00. The summed E-state index contributed by atoms with van der Waals surface area (Å²) < 4.78 is 26.5. The third kappa shape index (κ3) is 9.91. The van der Waals surface area contributed by atoms with Crippen molar-refractivity contribution in [3.05, 3.63) is 82.1 Å². The first-order valence-corrected chi connectivity index (χ1v) is 19.2. The Morgan fingerprint density at radius 2 is 1.53 bits per heavy atom. The first-order chi connectivity index (χ1) is 25.7. The summed E-state index contributed by atoms with van der Waals surface area (Å²) >= 11 is 0. The number of piperidine rings is 1. The molecule has 1 aromatic heterocycles. The molecule has 10 nitrogen and oxygen atoms in total.